The number of halogens is 2. The van der Waals surface area contributed by atoms with Gasteiger partial charge in [0.1, 0.15) is 0 Å². The molecule has 1 heterocycles. The molecule has 0 aromatic heterocycles. The molecule has 2 rings (SSSR count). The zero-order chi connectivity index (χ0) is 11.1. The lowest BCUT2D eigenvalue weighted by atomic mass is 10.1. The lowest BCUT2D eigenvalue weighted by Crippen LogP contribution is -2.34. The molecule has 1 amide bonds. The third-order valence-electron chi connectivity index (χ3n) is 3.16. The monoisotopic (exact) mass is 215 g/mol. The van der Waals surface area contributed by atoms with Crippen LogP contribution in [0.2, 0.25) is 0 Å². The fraction of sp³-hybridized carbons (Fsp3) is 0.727. The van der Waals surface area contributed by atoms with Gasteiger partial charge in [0, 0.05) is 31.8 Å². The minimum Gasteiger partial charge on any atom is -0.335 e. The summed E-state index contributed by atoms with van der Waals surface area (Å²) in [6.07, 6.45) is 1.91. The Morgan fingerprint density at radius 3 is 2.80 bits per heavy atom. The van der Waals surface area contributed by atoms with E-state index in [0.717, 1.165) is 5.57 Å². The summed E-state index contributed by atoms with van der Waals surface area (Å²) in [5, 5.41) is 0. The zero-order valence-corrected chi connectivity index (χ0v) is 8.80. The molecule has 2 aliphatic rings. The van der Waals surface area contributed by atoms with Gasteiger partial charge >= 0.3 is 0 Å². The Bertz CT molecular complexity index is 312. The first-order chi connectivity index (χ1) is 6.98. The Morgan fingerprint density at radius 2 is 2.33 bits per heavy atom. The van der Waals surface area contributed by atoms with Gasteiger partial charge in [0.05, 0.1) is 0 Å². The molecule has 0 aromatic rings. The Labute approximate surface area is 87.9 Å². The van der Waals surface area contributed by atoms with E-state index in [1.807, 2.05) is 13.0 Å². The van der Waals surface area contributed by atoms with Crippen LogP contribution in [0.1, 0.15) is 26.2 Å². The smallest absolute Gasteiger partial charge is 0.248 e. The van der Waals surface area contributed by atoms with E-state index in [2.05, 4.69) is 0 Å². The maximum absolute atomic E-state index is 12.9. The van der Waals surface area contributed by atoms with E-state index in [1.54, 1.807) is 4.90 Å². The minimum absolute atomic E-state index is 0.0970. The van der Waals surface area contributed by atoms with Crippen LogP contribution in [0.3, 0.4) is 0 Å². The van der Waals surface area contributed by atoms with Crippen molar-refractivity contribution in [3.8, 4) is 0 Å². The summed E-state index contributed by atoms with van der Waals surface area (Å²) in [5.74, 6) is -3.18. The third kappa shape index (κ3) is 2.19. The van der Waals surface area contributed by atoms with Gasteiger partial charge in [0.25, 0.3) is 0 Å². The maximum Gasteiger partial charge on any atom is 0.248 e. The van der Waals surface area contributed by atoms with Crippen LogP contribution in [-0.4, -0.2) is 29.8 Å². The summed E-state index contributed by atoms with van der Waals surface area (Å²) in [6, 6.07) is 0. The largest absolute Gasteiger partial charge is 0.335 e. The normalized spacial score (nSPS) is 29.4. The molecular weight excluding hydrogens is 200 g/mol. The Balaban J connectivity index is 1.93. The molecule has 1 unspecified atom stereocenters. The quantitative estimate of drug-likeness (QED) is 0.614. The predicted molar refractivity (Wildman–Crippen MR) is 52.6 cm³/mol. The molecular formula is C11H15F2NO. The topological polar surface area (TPSA) is 20.3 Å². The number of alkyl halides is 2. The maximum atomic E-state index is 12.9. The Kier molecular flexibility index (Phi) is 2.52. The van der Waals surface area contributed by atoms with E-state index >= 15 is 0 Å². The Morgan fingerprint density at radius 1 is 1.60 bits per heavy atom. The first-order valence-corrected chi connectivity index (χ1v) is 5.30. The van der Waals surface area contributed by atoms with E-state index in [-0.39, 0.29) is 18.7 Å². The van der Waals surface area contributed by atoms with Crippen molar-refractivity contribution in [3.05, 3.63) is 11.6 Å². The summed E-state index contributed by atoms with van der Waals surface area (Å²) >= 11 is 0. The minimum atomic E-state index is -2.62. The van der Waals surface area contributed by atoms with E-state index in [9.17, 15) is 13.6 Å². The summed E-state index contributed by atoms with van der Waals surface area (Å²) in [7, 11) is 0. The number of carbonyl (C=O) groups excluding carboxylic acids is 1. The molecule has 0 aromatic carbocycles. The van der Waals surface area contributed by atoms with Crippen LogP contribution in [-0.2, 0) is 4.79 Å². The van der Waals surface area contributed by atoms with Crippen molar-refractivity contribution in [1.82, 2.24) is 4.90 Å². The van der Waals surface area contributed by atoms with Gasteiger partial charge in [-0.2, -0.15) is 0 Å². The number of hydrogen-bond acceptors (Lipinski definition) is 1. The molecule has 0 N–H and O–H groups in total. The average Bonchev–Trinajstić information content (AvgIpc) is 2.71. The molecule has 1 fully saturated rings. The molecule has 1 atom stereocenters. The summed E-state index contributed by atoms with van der Waals surface area (Å²) in [5.41, 5.74) is 1.15. The van der Waals surface area contributed by atoms with E-state index in [1.165, 1.54) is 0 Å². The van der Waals surface area contributed by atoms with Crippen LogP contribution in [0.5, 0.6) is 0 Å². The van der Waals surface area contributed by atoms with E-state index in [4.69, 9.17) is 0 Å². The van der Waals surface area contributed by atoms with E-state index < -0.39 is 11.8 Å². The lowest BCUT2D eigenvalue weighted by Gasteiger charge is -2.20. The van der Waals surface area contributed by atoms with Crippen molar-refractivity contribution < 1.29 is 13.6 Å². The molecule has 1 aliphatic carbocycles. The van der Waals surface area contributed by atoms with Gasteiger partial charge in [-0.1, -0.05) is 11.6 Å². The first-order valence-electron chi connectivity index (χ1n) is 5.30. The van der Waals surface area contributed by atoms with Crippen LogP contribution in [0.25, 0.3) is 0 Å². The molecule has 4 heteroatoms. The van der Waals surface area contributed by atoms with Crippen molar-refractivity contribution in [3.63, 3.8) is 0 Å². The highest BCUT2D eigenvalue weighted by molar-refractivity contribution is 5.80. The second-order valence-corrected chi connectivity index (χ2v) is 4.56. The van der Waals surface area contributed by atoms with Crippen LogP contribution in [0.15, 0.2) is 11.6 Å². The summed E-state index contributed by atoms with van der Waals surface area (Å²) < 4.78 is 25.9. The van der Waals surface area contributed by atoms with Gasteiger partial charge in [-0.3, -0.25) is 4.79 Å². The fourth-order valence-electron chi connectivity index (χ4n) is 2.28. The highest BCUT2D eigenvalue weighted by Gasteiger charge is 2.43. The van der Waals surface area contributed by atoms with Crippen molar-refractivity contribution in [2.45, 2.75) is 32.1 Å². The van der Waals surface area contributed by atoms with Crippen LogP contribution < -0.4 is 0 Å². The second kappa shape index (κ2) is 3.58. The molecule has 0 saturated heterocycles. The van der Waals surface area contributed by atoms with Gasteiger partial charge < -0.3 is 4.90 Å². The molecule has 84 valence electrons. The van der Waals surface area contributed by atoms with Gasteiger partial charge in [-0.25, -0.2) is 8.78 Å². The number of nitrogens with zero attached hydrogens (tertiary/aromatic N) is 1. The zero-order valence-electron chi connectivity index (χ0n) is 8.80. The highest BCUT2D eigenvalue weighted by atomic mass is 19.3. The van der Waals surface area contributed by atoms with Gasteiger partial charge in [0.2, 0.25) is 11.8 Å². The van der Waals surface area contributed by atoms with Gasteiger partial charge in [0.15, 0.2) is 0 Å². The van der Waals surface area contributed by atoms with Crippen LogP contribution >= 0.6 is 0 Å². The van der Waals surface area contributed by atoms with Crippen molar-refractivity contribution >= 4 is 5.91 Å². The standard InChI is InChI=1S/C11H15F2NO/c1-8-3-5-14(7-8)10(15)9-2-4-11(12,13)6-9/h3,9H,2,4-7H2,1H3. The lowest BCUT2D eigenvalue weighted by molar-refractivity contribution is -0.135. The second-order valence-electron chi connectivity index (χ2n) is 4.56. The number of rotatable bonds is 1. The fourth-order valence-corrected chi connectivity index (χ4v) is 2.28. The SMILES string of the molecule is CC1=CCN(C(=O)C2CCC(F)(F)C2)C1. The summed E-state index contributed by atoms with van der Waals surface area (Å²) in [4.78, 5) is 13.5. The van der Waals surface area contributed by atoms with Crippen molar-refractivity contribution in [1.29, 1.82) is 0 Å². The molecule has 2 nitrogen and oxygen atoms in total. The van der Waals surface area contributed by atoms with Gasteiger partial charge in [-0.15, -0.1) is 0 Å². The molecule has 1 aliphatic heterocycles. The molecule has 0 bridgehead atoms. The average molecular weight is 215 g/mol. The van der Waals surface area contributed by atoms with Crippen LogP contribution in [0, 0.1) is 5.92 Å². The van der Waals surface area contributed by atoms with E-state index in [0.29, 0.717) is 19.5 Å². The van der Waals surface area contributed by atoms with Crippen molar-refractivity contribution in [2.75, 3.05) is 13.1 Å². The summed E-state index contributed by atoms with van der Waals surface area (Å²) in [6.45, 7) is 3.16. The number of amides is 1. The predicted octanol–water partition coefficient (Wildman–Crippen LogP) is 2.21. The molecule has 1 saturated carbocycles. The molecule has 0 spiro atoms. The molecule has 0 radical (unpaired) electrons. The third-order valence-corrected chi connectivity index (χ3v) is 3.16. The molecule has 15 heavy (non-hydrogen) atoms. The number of hydrogen-bond donors (Lipinski definition) is 0. The first kappa shape index (κ1) is 10.6. The van der Waals surface area contributed by atoms with Gasteiger partial charge in [-0.05, 0) is 13.3 Å². The van der Waals surface area contributed by atoms with Crippen molar-refractivity contribution in [2.24, 2.45) is 5.92 Å². The number of carbonyl (C=O) groups is 1. The highest BCUT2D eigenvalue weighted by Crippen LogP contribution is 2.39. The Hall–Kier alpha value is -0.930. The van der Waals surface area contributed by atoms with Crippen LogP contribution in [0.4, 0.5) is 8.78 Å².